The molecule has 1 amide bonds. The van der Waals surface area contributed by atoms with Crippen molar-refractivity contribution in [3.63, 3.8) is 0 Å². The van der Waals surface area contributed by atoms with E-state index in [2.05, 4.69) is 15.5 Å². The first kappa shape index (κ1) is 21.5. The molecule has 0 aliphatic rings. The average molecular weight is 452 g/mol. The minimum absolute atomic E-state index is 0.0412. The van der Waals surface area contributed by atoms with Crippen LogP contribution in [0.3, 0.4) is 0 Å². The highest BCUT2D eigenvalue weighted by Crippen LogP contribution is 2.35. The number of aryl methyl sites for hydroxylation is 1. The van der Waals surface area contributed by atoms with Crippen molar-refractivity contribution in [2.75, 3.05) is 11.1 Å². The molecular formula is C19H16Cl2FN5O3. The van der Waals surface area contributed by atoms with Crippen LogP contribution in [0.5, 0.6) is 5.75 Å². The van der Waals surface area contributed by atoms with Gasteiger partial charge in [-0.05, 0) is 25.1 Å². The smallest absolute Gasteiger partial charge is 0.276 e. The van der Waals surface area contributed by atoms with Crippen LogP contribution in [0.4, 0.5) is 15.9 Å². The summed E-state index contributed by atoms with van der Waals surface area (Å²) >= 11 is 12.1. The zero-order valence-corrected chi connectivity index (χ0v) is 17.3. The van der Waals surface area contributed by atoms with Gasteiger partial charge in [-0.25, -0.2) is 4.39 Å². The fraction of sp³-hybridized carbons (Fsp3) is 0.158. The minimum Gasteiger partial charge on any atom is -0.482 e. The number of nitrogens with zero attached hydrogens (tertiary/aromatic N) is 3. The third-order valence-corrected chi connectivity index (χ3v) is 4.87. The lowest BCUT2D eigenvalue weighted by atomic mass is 10.1. The fourth-order valence-corrected chi connectivity index (χ4v) is 3.30. The molecule has 0 spiro atoms. The quantitative estimate of drug-likeness (QED) is 0.573. The minimum atomic E-state index is -0.799. The van der Waals surface area contributed by atoms with Gasteiger partial charge in [0.1, 0.15) is 11.9 Å². The van der Waals surface area contributed by atoms with Crippen molar-refractivity contribution in [2.24, 2.45) is 7.05 Å². The second-order valence-electron chi connectivity index (χ2n) is 6.32. The Morgan fingerprint density at radius 3 is 2.70 bits per heavy atom. The standard InChI is InChI=1S/C19H16Cl2FN5O3/c1-9(16-11(20)4-5-12(22)17(16)21)30-14-7-13(25-26-18(14)23)19(29)24-10-3-6-15(28)27(2)8-10/h3-9H,1-2H3,(H2,23,26)(H,24,29)/t9-/m1/s1. The van der Waals surface area contributed by atoms with Crippen LogP contribution in [-0.4, -0.2) is 20.7 Å². The normalized spacial score (nSPS) is 11.8. The first-order valence-electron chi connectivity index (χ1n) is 8.58. The largest absolute Gasteiger partial charge is 0.482 e. The zero-order valence-electron chi connectivity index (χ0n) is 15.8. The maximum absolute atomic E-state index is 13.8. The number of ether oxygens (including phenoxy) is 1. The Balaban J connectivity index is 1.84. The van der Waals surface area contributed by atoms with Crippen molar-refractivity contribution in [1.82, 2.24) is 14.8 Å². The van der Waals surface area contributed by atoms with Crippen LogP contribution in [0.25, 0.3) is 0 Å². The summed E-state index contributed by atoms with van der Waals surface area (Å²) in [5.41, 5.74) is 6.11. The lowest BCUT2D eigenvalue weighted by Gasteiger charge is -2.19. The number of nitrogen functional groups attached to an aromatic ring is 1. The number of hydrogen-bond donors (Lipinski definition) is 2. The Bertz CT molecular complexity index is 1190. The van der Waals surface area contributed by atoms with Crippen molar-refractivity contribution in [1.29, 1.82) is 0 Å². The van der Waals surface area contributed by atoms with Gasteiger partial charge in [0.25, 0.3) is 5.91 Å². The molecule has 0 bridgehead atoms. The van der Waals surface area contributed by atoms with E-state index >= 15 is 0 Å². The number of benzene rings is 1. The molecule has 3 aromatic rings. The van der Waals surface area contributed by atoms with E-state index < -0.39 is 17.8 Å². The molecule has 3 N–H and O–H groups in total. The summed E-state index contributed by atoms with van der Waals surface area (Å²) in [6.45, 7) is 1.59. The maximum atomic E-state index is 13.8. The molecule has 0 fully saturated rings. The molecule has 156 valence electrons. The number of anilines is 2. The van der Waals surface area contributed by atoms with E-state index in [0.29, 0.717) is 5.69 Å². The highest BCUT2D eigenvalue weighted by atomic mass is 35.5. The second-order valence-corrected chi connectivity index (χ2v) is 7.10. The molecule has 8 nitrogen and oxygen atoms in total. The molecule has 11 heteroatoms. The van der Waals surface area contributed by atoms with Crippen molar-refractivity contribution >= 4 is 40.6 Å². The summed E-state index contributed by atoms with van der Waals surface area (Å²) in [5.74, 6) is -1.28. The molecule has 3 rings (SSSR count). The number of halogens is 3. The van der Waals surface area contributed by atoms with Gasteiger partial charge in [-0.2, -0.15) is 0 Å². The number of carbonyl (C=O) groups is 1. The number of amides is 1. The maximum Gasteiger partial charge on any atom is 0.276 e. The van der Waals surface area contributed by atoms with Crippen molar-refractivity contribution in [3.05, 3.63) is 74.0 Å². The Kier molecular flexibility index (Phi) is 6.23. The Hall–Kier alpha value is -3.17. The third-order valence-electron chi connectivity index (χ3n) is 4.15. The van der Waals surface area contributed by atoms with Crippen molar-refractivity contribution in [2.45, 2.75) is 13.0 Å². The number of nitrogens with one attached hydrogen (secondary N) is 1. The number of nitrogens with two attached hydrogens (primary N) is 1. The molecule has 0 aliphatic carbocycles. The molecule has 1 atom stereocenters. The van der Waals surface area contributed by atoms with Gasteiger partial charge in [0.2, 0.25) is 5.56 Å². The van der Waals surface area contributed by atoms with E-state index in [1.807, 2.05) is 0 Å². The molecule has 2 heterocycles. The van der Waals surface area contributed by atoms with Crippen molar-refractivity contribution in [3.8, 4) is 5.75 Å². The van der Waals surface area contributed by atoms with Gasteiger partial charge in [-0.3, -0.25) is 9.59 Å². The monoisotopic (exact) mass is 451 g/mol. The van der Waals surface area contributed by atoms with E-state index in [-0.39, 0.29) is 38.4 Å². The molecular weight excluding hydrogens is 436 g/mol. The Morgan fingerprint density at radius 2 is 2.00 bits per heavy atom. The number of hydrogen-bond acceptors (Lipinski definition) is 6. The summed E-state index contributed by atoms with van der Waals surface area (Å²) < 4.78 is 20.8. The predicted octanol–water partition coefficient (Wildman–Crippen LogP) is 3.60. The summed E-state index contributed by atoms with van der Waals surface area (Å²) in [6, 6.07) is 6.56. The first-order valence-corrected chi connectivity index (χ1v) is 9.34. The average Bonchev–Trinajstić information content (AvgIpc) is 2.69. The Labute approximate surface area is 180 Å². The summed E-state index contributed by atoms with van der Waals surface area (Å²) in [4.78, 5) is 23.9. The van der Waals surface area contributed by atoms with Gasteiger partial charge >= 0.3 is 0 Å². The predicted molar refractivity (Wildman–Crippen MR) is 112 cm³/mol. The van der Waals surface area contributed by atoms with Crippen LogP contribution in [0.1, 0.15) is 29.1 Å². The van der Waals surface area contributed by atoms with Crippen LogP contribution >= 0.6 is 23.2 Å². The number of pyridine rings is 1. The van der Waals surface area contributed by atoms with Gasteiger partial charge in [0.15, 0.2) is 17.3 Å². The molecule has 0 radical (unpaired) electrons. The van der Waals surface area contributed by atoms with Crippen LogP contribution < -0.4 is 21.3 Å². The van der Waals surface area contributed by atoms with E-state index in [4.69, 9.17) is 33.7 Å². The first-order chi connectivity index (χ1) is 14.2. The molecule has 2 aromatic heterocycles. The van der Waals surface area contributed by atoms with E-state index in [1.54, 1.807) is 14.0 Å². The molecule has 0 saturated carbocycles. The topological polar surface area (TPSA) is 112 Å². The van der Waals surface area contributed by atoms with Gasteiger partial charge < -0.3 is 20.4 Å². The van der Waals surface area contributed by atoms with Crippen LogP contribution in [-0.2, 0) is 7.05 Å². The third kappa shape index (κ3) is 4.52. The van der Waals surface area contributed by atoms with Gasteiger partial charge in [0.05, 0.1) is 10.7 Å². The van der Waals surface area contributed by atoms with Gasteiger partial charge in [-0.15, -0.1) is 10.2 Å². The van der Waals surface area contributed by atoms with E-state index in [0.717, 1.165) is 6.07 Å². The molecule has 1 aromatic carbocycles. The second kappa shape index (κ2) is 8.68. The highest BCUT2D eigenvalue weighted by Gasteiger charge is 2.21. The lowest BCUT2D eigenvalue weighted by molar-refractivity contribution is 0.102. The number of aromatic nitrogens is 3. The fourth-order valence-electron chi connectivity index (χ4n) is 2.62. The van der Waals surface area contributed by atoms with Crippen LogP contribution in [0, 0.1) is 5.82 Å². The summed E-state index contributed by atoms with van der Waals surface area (Å²) in [7, 11) is 1.55. The summed E-state index contributed by atoms with van der Waals surface area (Å²) in [6.07, 6.45) is 0.657. The van der Waals surface area contributed by atoms with Gasteiger partial charge in [0, 0.05) is 36.0 Å². The number of carbonyl (C=O) groups excluding carboxylic acids is 1. The van der Waals surface area contributed by atoms with Crippen LogP contribution in [0.2, 0.25) is 10.0 Å². The van der Waals surface area contributed by atoms with Crippen molar-refractivity contribution < 1.29 is 13.9 Å². The number of rotatable bonds is 5. The van der Waals surface area contributed by atoms with E-state index in [9.17, 15) is 14.0 Å². The van der Waals surface area contributed by atoms with Gasteiger partial charge in [-0.1, -0.05) is 23.2 Å². The SMILES string of the molecule is C[C@@H](Oc1cc(C(=O)Nc2ccc(=O)n(C)c2)nnc1N)c1c(Cl)ccc(F)c1Cl. The van der Waals surface area contributed by atoms with E-state index in [1.165, 1.54) is 35.0 Å². The Morgan fingerprint density at radius 1 is 1.27 bits per heavy atom. The highest BCUT2D eigenvalue weighted by molar-refractivity contribution is 6.36. The summed E-state index contributed by atoms with van der Waals surface area (Å²) in [5, 5.41) is 10.1. The van der Waals surface area contributed by atoms with Crippen LogP contribution in [0.15, 0.2) is 41.3 Å². The zero-order chi connectivity index (χ0) is 22.0. The lowest BCUT2D eigenvalue weighted by Crippen LogP contribution is -2.19. The molecule has 0 unspecified atom stereocenters. The molecule has 0 aliphatic heterocycles. The molecule has 0 saturated heterocycles. The molecule has 30 heavy (non-hydrogen) atoms.